The number of ketones is 1. The van der Waals surface area contributed by atoms with Gasteiger partial charge in [0.05, 0.1) is 28.3 Å². The number of Topliss-reactive ketones (excluding diaryl/α,β-unsaturated/α-hetero) is 1. The van der Waals surface area contributed by atoms with E-state index in [4.69, 9.17) is 17.3 Å². The predicted molar refractivity (Wildman–Crippen MR) is 113 cm³/mol. The Bertz CT molecular complexity index is 1090. The van der Waals surface area contributed by atoms with Crippen LogP contribution in [0.15, 0.2) is 53.0 Å². The predicted octanol–water partition coefficient (Wildman–Crippen LogP) is 5.32. The van der Waals surface area contributed by atoms with E-state index in [2.05, 4.69) is 12.1 Å². The summed E-state index contributed by atoms with van der Waals surface area (Å²) >= 11 is 8.13. The number of rotatable bonds is 2. The van der Waals surface area contributed by atoms with E-state index in [1.807, 2.05) is 36.9 Å². The highest BCUT2D eigenvalue weighted by molar-refractivity contribution is 7.12. The number of allylic oxidation sites excluding steroid dienone is 3. The molecule has 0 saturated heterocycles. The number of aryl methyl sites for hydroxylation is 2. The SMILES string of the molecule is Cc1cc([C@@H]2C(C#N)=C(N)N(c3ccccc3Cl)C3=C2C(=O)CCC3)c(C)s1. The van der Waals surface area contributed by atoms with Gasteiger partial charge in [-0.15, -0.1) is 11.3 Å². The Hall–Kier alpha value is -2.55. The average molecular weight is 410 g/mol. The first kappa shape index (κ1) is 18.8. The number of hydrogen-bond acceptors (Lipinski definition) is 5. The highest BCUT2D eigenvalue weighted by Crippen LogP contribution is 2.48. The molecule has 0 fully saturated rings. The van der Waals surface area contributed by atoms with Gasteiger partial charge in [-0.3, -0.25) is 9.69 Å². The third-order valence-corrected chi connectivity index (χ3v) is 6.70. The number of thiophene rings is 1. The molecule has 0 radical (unpaired) electrons. The summed E-state index contributed by atoms with van der Waals surface area (Å²) in [6.45, 7) is 4.07. The Kier molecular flexibility index (Phi) is 4.78. The number of para-hydroxylation sites is 1. The van der Waals surface area contributed by atoms with Gasteiger partial charge in [-0.2, -0.15) is 5.26 Å². The third kappa shape index (κ3) is 2.85. The molecule has 1 aromatic heterocycles. The lowest BCUT2D eigenvalue weighted by atomic mass is 9.75. The fourth-order valence-corrected chi connectivity index (χ4v) is 5.43. The molecule has 0 unspecified atom stereocenters. The average Bonchev–Trinajstić information content (AvgIpc) is 3.00. The van der Waals surface area contributed by atoms with Crippen LogP contribution in [0.25, 0.3) is 0 Å². The first-order valence-corrected chi connectivity index (χ1v) is 10.4. The van der Waals surface area contributed by atoms with Gasteiger partial charge < -0.3 is 5.73 Å². The number of benzene rings is 1. The maximum absolute atomic E-state index is 13.1. The molecule has 28 heavy (non-hydrogen) atoms. The zero-order valence-corrected chi connectivity index (χ0v) is 17.3. The summed E-state index contributed by atoms with van der Waals surface area (Å²) in [7, 11) is 0. The van der Waals surface area contributed by atoms with Crippen LogP contribution < -0.4 is 10.6 Å². The number of nitrogens with two attached hydrogens (primary N) is 1. The largest absolute Gasteiger partial charge is 0.384 e. The Morgan fingerprint density at radius 3 is 2.68 bits per heavy atom. The van der Waals surface area contributed by atoms with Crippen molar-refractivity contribution in [3.05, 3.63) is 73.3 Å². The molecule has 4 nitrogen and oxygen atoms in total. The molecular formula is C22H20ClN3OS. The van der Waals surface area contributed by atoms with E-state index in [0.717, 1.165) is 33.9 Å². The van der Waals surface area contributed by atoms with Crippen LogP contribution in [-0.2, 0) is 4.79 Å². The van der Waals surface area contributed by atoms with Crippen LogP contribution in [0.2, 0.25) is 5.02 Å². The van der Waals surface area contributed by atoms with Crippen LogP contribution in [0.5, 0.6) is 0 Å². The second kappa shape index (κ2) is 7.12. The highest BCUT2D eigenvalue weighted by atomic mass is 35.5. The van der Waals surface area contributed by atoms with E-state index >= 15 is 0 Å². The first-order valence-electron chi connectivity index (χ1n) is 9.21. The molecule has 142 valence electrons. The van der Waals surface area contributed by atoms with Crippen LogP contribution in [0.4, 0.5) is 5.69 Å². The molecule has 0 bridgehead atoms. The minimum Gasteiger partial charge on any atom is -0.384 e. The van der Waals surface area contributed by atoms with Crippen molar-refractivity contribution in [2.45, 2.75) is 39.0 Å². The van der Waals surface area contributed by atoms with Crippen LogP contribution in [-0.4, -0.2) is 5.78 Å². The summed E-state index contributed by atoms with van der Waals surface area (Å²) < 4.78 is 0. The fraction of sp³-hybridized carbons (Fsp3) is 0.273. The Morgan fingerprint density at radius 2 is 2.04 bits per heavy atom. The molecule has 2 heterocycles. The molecule has 4 rings (SSSR count). The smallest absolute Gasteiger partial charge is 0.161 e. The molecule has 1 aliphatic carbocycles. The number of halogens is 1. The quantitative estimate of drug-likeness (QED) is 0.728. The number of anilines is 1. The molecule has 2 N–H and O–H groups in total. The van der Waals surface area contributed by atoms with E-state index in [1.165, 1.54) is 0 Å². The molecule has 1 aliphatic heterocycles. The van der Waals surface area contributed by atoms with Gasteiger partial charge in [0.1, 0.15) is 5.82 Å². The zero-order chi connectivity index (χ0) is 20.0. The normalized spacial score (nSPS) is 19.7. The number of nitriles is 1. The fourth-order valence-electron chi connectivity index (χ4n) is 4.24. The first-order chi connectivity index (χ1) is 13.4. The number of carbonyl (C=O) groups excluding carboxylic acids is 1. The van der Waals surface area contributed by atoms with Gasteiger partial charge in [0, 0.05) is 27.4 Å². The maximum atomic E-state index is 13.1. The van der Waals surface area contributed by atoms with Gasteiger partial charge in [-0.1, -0.05) is 23.7 Å². The molecular weight excluding hydrogens is 390 g/mol. The number of hydrogen-bond donors (Lipinski definition) is 1. The van der Waals surface area contributed by atoms with Gasteiger partial charge in [0.15, 0.2) is 5.78 Å². The van der Waals surface area contributed by atoms with Crippen molar-refractivity contribution in [3.8, 4) is 6.07 Å². The van der Waals surface area contributed by atoms with Gasteiger partial charge in [-0.25, -0.2) is 0 Å². The second-order valence-corrected chi connectivity index (χ2v) is 9.00. The zero-order valence-electron chi connectivity index (χ0n) is 15.8. The van der Waals surface area contributed by atoms with Crippen LogP contribution >= 0.6 is 22.9 Å². The van der Waals surface area contributed by atoms with Gasteiger partial charge >= 0.3 is 0 Å². The topological polar surface area (TPSA) is 70.1 Å². The lowest BCUT2D eigenvalue weighted by Gasteiger charge is -2.39. The van der Waals surface area contributed by atoms with Crippen LogP contribution in [0.3, 0.4) is 0 Å². The van der Waals surface area contributed by atoms with Crippen LogP contribution in [0, 0.1) is 25.2 Å². The molecule has 2 aromatic rings. The molecule has 1 aromatic carbocycles. The van der Waals surface area contributed by atoms with E-state index in [0.29, 0.717) is 34.1 Å². The van der Waals surface area contributed by atoms with E-state index in [-0.39, 0.29) is 5.78 Å². The lowest BCUT2D eigenvalue weighted by molar-refractivity contribution is -0.116. The Labute approximate surface area is 173 Å². The minimum atomic E-state index is -0.406. The molecule has 0 saturated carbocycles. The summed E-state index contributed by atoms with van der Waals surface area (Å²) in [5, 5.41) is 10.6. The van der Waals surface area contributed by atoms with Crippen LogP contribution in [0.1, 0.15) is 40.5 Å². The molecule has 0 amide bonds. The van der Waals surface area contributed by atoms with Crippen molar-refractivity contribution in [1.82, 2.24) is 0 Å². The van der Waals surface area contributed by atoms with Crippen molar-refractivity contribution in [3.63, 3.8) is 0 Å². The summed E-state index contributed by atoms with van der Waals surface area (Å²) in [4.78, 5) is 17.2. The van der Waals surface area contributed by atoms with Gasteiger partial charge in [0.2, 0.25) is 0 Å². The minimum absolute atomic E-state index is 0.0896. The standard InChI is InChI=1S/C22H20ClN3OS/c1-12-10-14(13(2)28-12)20-15(11-24)22(25)26(17-7-4-3-6-16(17)23)18-8-5-9-19(27)21(18)20/h3-4,6-7,10,20H,5,8-9,25H2,1-2H3/t20-/m1/s1. The Morgan fingerprint density at radius 1 is 1.29 bits per heavy atom. The summed E-state index contributed by atoms with van der Waals surface area (Å²) in [6.07, 6.45) is 1.99. The molecule has 0 spiro atoms. The molecule has 6 heteroatoms. The van der Waals surface area contributed by atoms with E-state index in [1.54, 1.807) is 17.4 Å². The maximum Gasteiger partial charge on any atom is 0.161 e. The third-order valence-electron chi connectivity index (χ3n) is 5.40. The molecule has 1 atom stereocenters. The van der Waals surface area contributed by atoms with Gasteiger partial charge in [0.25, 0.3) is 0 Å². The lowest BCUT2D eigenvalue weighted by Crippen LogP contribution is -2.38. The highest BCUT2D eigenvalue weighted by Gasteiger charge is 2.41. The van der Waals surface area contributed by atoms with Crippen molar-refractivity contribution in [1.29, 1.82) is 5.26 Å². The van der Waals surface area contributed by atoms with Gasteiger partial charge in [-0.05, 0) is 50.5 Å². The number of carbonyl (C=O) groups is 1. The van der Waals surface area contributed by atoms with E-state index in [9.17, 15) is 10.1 Å². The van der Waals surface area contributed by atoms with Crippen molar-refractivity contribution >= 4 is 34.4 Å². The van der Waals surface area contributed by atoms with Crippen molar-refractivity contribution in [2.75, 3.05) is 4.90 Å². The second-order valence-electron chi connectivity index (χ2n) is 7.14. The van der Waals surface area contributed by atoms with E-state index < -0.39 is 5.92 Å². The van der Waals surface area contributed by atoms with Crippen molar-refractivity contribution < 1.29 is 4.79 Å². The summed E-state index contributed by atoms with van der Waals surface area (Å²) in [5.41, 5.74) is 10.2. The monoisotopic (exact) mass is 409 g/mol. The number of nitrogens with zero attached hydrogens (tertiary/aromatic N) is 2. The summed E-state index contributed by atoms with van der Waals surface area (Å²) in [5.74, 6) is 0.0422. The Balaban J connectivity index is 2.01. The summed E-state index contributed by atoms with van der Waals surface area (Å²) in [6, 6.07) is 11.8. The van der Waals surface area contributed by atoms with Crippen molar-refractivity contribution in [2.24, 2.45) is 5.73 Å². The molecule has 2 aliphatic rings.